The van der Waals surface area contributed by atoms with Crippen LogP contribution in [0.3, 0.4) is 0 Å². The largest absolute Gasteiger partial charge is 0.457 e. The van der Waals surface area contributed by atoms with Crippen molar-refractivity contribution in [3.8, 4) is 0 Å². The van der Waals surface area contributed by atoms with E-state index >= 15 is 0 Å². The molecule has 0 heterocycles. The molecule has 0 saturated carbocycles. The van der Waals surface area contributed by atoms with Gasteiger partial charge in [-0.25, -0.2) is 0 Å². The molecular formula is C39H62O4. The van der Waals surface area contributed by atoms with Crippen LogP contribution in [0.2, 0.25) is 0 Å². The highest BCUT2D eigenvalue weighted by molar-refractivity contribution is 5.69. The third kappa shape index (κ3) is 33.7. The summed E-state index contributed by atoms with van der Waals surface area (Å²) in [4.78, 5) is 12.1. The number of hydrogen-bond acceptors (Lipinski definition) is 4. The van der Waals surface area contributed by atoms with Crippen LogP contribution in [0, 0.1) is 0 Å². The van der Waals surface area contributed by atoms with E-state index in [2.05, 4.69) is 111 Å². The van der Waals surface area contributed by atoms with Crippen LogP contribution in [0.4, 0.5) is 0 Å². The number of aliphatic hydroxyl groups excluding tert-OH is 1. The molecule has 0 amide bonds. The van der Waals surface area contributed by atoms with Gasteiger partial charge in [0.2, 0.25) is 0 Å². The molecule has 43 heavy (non-hydrogen) atoms. The van der Waals surface area contributed by atoms with Crippen molar-refractivity contribution in [2.24, 2.45) is 0 Å². The molecule has 0 bridgehead atoms. The molecule has 0 fully saturated rings. The summed E-state index contributed by atoms with van der Waals surface area (Å²) in [5, 5.41) is 9.53. The summed E-state index contributed by atoms with van der Waals surface area (Å²) in [5.74, 6) is -0.259. The SMILES string of the molecule is CC/C=C\C/C=C\C/C=C\C/C=C\CCCCCOCC(CO)OC(=O)CCCC/C=C\C/C=C\C/C=C\C/C=C\CC. The summed E-state index contributed by atoms with van der Waals surface area (Å²) >= 11 is 0. The Morgan fingerprint density at radius 3 is 1.42 bits per heavy atom. The van der Waals surface area contributed by atoms with Crippen LogP contribution >= 0.6 is 0 Å². The van der Waals surface area contributed by atoms with Gasteiger partial charge in [-0.1, -0.05) is 117 Å². The number of aliphatic hydroxyl groups is 1. The van der Waals surface area contributed by atoms with Gasteiger partial charge in [-0.15, -0.1) is 0 Å². The molecule has 0 aromatic heterocycles. The van der Waals surface area contributed by atoms with Gasteiger partial charge >= 0.3 is 5.97 Å². The molecule has 0 radical (unpaired) electrons. The first-order valence-corrected chi connectivity index (χ1v) is 16.8. The Morgan fingerprint density at radius 2 is 0.977 bits per heavy atom. The number of esters is 1. The minimum atomic E-state index is -0.578. The molecule has 0 aliphatic carbocycles. The van der Waals surface area contributed by atoms with Gasteiger partial charge in [-0.2, -0.15) is 0 Å². The van der Waals surface area contributed by atoms with Crippen molar-refractivity contribution in [3.63, 3.8) is 0 Å². The van der Waals surface area contributed by atoms with Crippen LogP contribution < -0.4 is 0 Å². The second kappa shape index (κ2) is 35.5. The number of rotatable bonds is 29. The zero-order chi connectivity index (χ0) is 31.3. The average molecular weight is 595 g/mol. The molecule has 1 unspecified atom stereocenters. The highest BCUT2D eigenvalue weighted by atomic mass is 16.6. The fraction of sp³-hybridized carbons (Fsp3) is 0.564. The molecule has 0 rings (SSSR count). The van der Waals surface area contributed by atoms with Crippen LogP contribution in [0.15, 0.2) is 97.2 Å². The normalized spacial score (nSPS) is 13.7. The molecule has 0 saturated heterocycles. The maximum Gasteiger partial charge on any atom is 0.306 e. The zero-order valence-corrected chi connectivity index (χ0v) is 27.4. The molecule has 242 valence electrons. The van der Waals surface area contributed by atoms with E-state index in [4.69, 9.17) is 9.47 Å². The summed E-state index contributed by atoms with van der Waals surface area (Å²) in [7, 11) is 0. The Balaban J connectivity index is 3.65. The molecule has 0 aromatic carbocycles. The predicted octanol–water partition coefficient (Wildman–Crippen LogP) is 10.6. The number of ether oxygens (including phenoxy) is 2. The van der Waals surface area contributed by atoms with Crippen molar-refractivity contribution in [2.45, 2.75) is 123 Å². The van der Waals surface area contributed by atoms with E-state index in [1.54, 1.807) is 0 Å². The van der Waals surface area contributed by atoms with Gasteiger partial charge in [0.1, 0.15) is 6.10 Å². The fourth-order valence-electron chi connectivity index (χ4n) is 3.95. The van der Waals surface area contributed by atoms with Crippen molar-refractivity contribution in [1.82, 2.24) is 0 Å². The Morgan fingerprint density at radius 1 is 0.558 bits per heavy atom. The molecule has 4 heteroatoms. The highest BCUT2D eigenvalue weighted by Gasteiger charge is 2.13. The molecule has 1 atom stereocenters. The molecule has 4 nitrogen and oxygen atoms in total. The lowest BCUT2D eigenvalue weighted by atomic mass is 10.2. The van der Waals surface area contributed by atoms with Crippen LogP contribution in [-0.4, -0.2) is 37.0 Å². The molecule has 0 aliphatic heterocycles. The number of carbonyl (C=O) groups is 1. The molecular weight excluding hydrogens is 532 g/mol. The van der Waals surface area contributed by atoms with Gasteiger partial charge < -0.3 is 14.6 Å². The van der Waals surface area contributed by atoms with Crippen molar-refractivity contribution < 1.29 is 19.4 Å². The Hall–Kier alpha value is -2.69. The second-order valence-corrected chi connectivity index (χ2v) is 10.5. The number of carbonyl (C=O) groups excluding carboxylic acids is 1. The van der Waals surface area contributed by atoms with E-state index in [-0.39, 0.29) is 19.2 Å². The minimum absolute atomic E-state index is 0.209. The first-order valence-electron chi connectivity index (χ1n) is 16.8. The Labute approximate surface area is 264 Å². The fourth-order valence-corrected chi connectivity index (χ4v) is 3.95. The summed E-state index contributed by atoms with van der Waals surface area (Å²) < 4.78 is 11.0. The summed E-state index contributed by atoms with van der Waals surface area (Å²) in [6.07, 6.45) is 50.1. The molecule has 0 aromatic rings. The van der Waals surface area contributed by atoms with Crippen molar-refractivity contribution >= 4 is 5.97 Å². The van der Waals surface area contributed by atoms with E-state index in [9.17, 15) is 9.90 Å². The first kappa shape index (κ1) is 40.3. The summed E-state index contributed by atoms with van der Waals surface area (Å²) in [6, 6.07) is 0. The first-order chi connectivity index (χ1) is 21.2. The van der Waals surface area contributed by atoms with Crippen LogP contribution in [0.1, 0.15) is 117 Å². The lowest BCUT2D eigenvalue weighted by Gasteiger charge is -2.15. The van der Waals surface area contributed by atoms with E-state index in [1.807, 2.05) is 0 Å². The van der Waals surface area contributed by atoms with Gasteiger partial charge in [-0.3, -0.25) is 4.79 Å². The summed E-state index contributed by atoms with van der Waals surface area (Å²) in [5.41, 5.74) is 0. The lowest BCUT2D eigenvalue weighted by molar-refractivity contribution is -0.154. The summed E-state index contributed by atoms with van der Waals surface area (Å²) in [6.45, 7) is 4.96. The van der Waals surface area contributed by atoms with Gasteiger partial charge in [0.05, 0.1) is 13.2 Å². The number of hydrogen-bond donors (Lipinski definition) is 1. The third-order valence-electron chi connectivity index (χ3n) is 6.40. The highest BCUT2D eigenvalue weighted by Crippen LogP contribution is 2.07. The molecule has 0 spiro atoms. The molecule has 1 N–H and O–H groups in total. The smallest absolute Gasteiger partial charge is 0.306 e. The second-order valence-electron chi connectivity index (χ2n) is 10.5. The van der Waals surface area contributed by atoms with E-state index in [0.29, 0.717) is 13.0 Å². The van der Waals surface area contributed by atoms with Crippen molar-refractivity contribution in [3.05, 3.63) is 97.2 Å². The monoisotopic (exact) mass is 594 g/mol. The van der Waals surface area contributed by atoms with Crippen molar-refractivity contribution in [1.29, 1.82) is 0 Å². The standard InChI is InChI=1S/C39H62O4/c1-3-5-7-9-11-13-15-17-19-21-23-25-27-29-31-33-35-42-37-38(36-40)43-39(41)34-32-30-28-26-24-22-20-18-16-14-12-10-8-6-4-2/h5-8,11-14,17-20,23-26,38,40H,3-4,9-10,15-16,21-22,27-37H2,1-2H3/b7-5-,8-6-,13-11-,14-12-,19-17-,20-18-,25-23-,26-24-. The third-order valence-corrected chi connectivity index (χ3v) is 6.40. The van der Waals surface area contributed by atoms with Gasteiger partial charge in [0, 0.05) is 13.0 Å². The zero-order valence-electron chi connectivity index (χ0n) is 27.4. The Bertz CT molecular complexity index is 841. The number of allylic oxidation sites excluding steroid dienone is 16. The van der Waals surface area contributed by atoms with Crippen LogP contribution in [-0.2, 0) is 14.3 Å². The molecule has 0 aliphatic rings. The average Bonchev–Trinajstić information content (AvgIpc) is 3.01. The lowest BCUT2D eigenvalue weighted by Crippen LogP contribution is -2.27. The van der Waals surface area contributed by atoms with Crippen LogP contribution in [0.5, 0.6) is 0 Å². The maximum absolute atomic E-state index is 12.1. The van der Waals surface area contributed by atoms with Gasteiger partial charge in [-0.05, 0) is 89.9 Å². The van der Waals surface area contributed by atoms with Gasteiger partial charge in [0.25, 0.3) is 0 Å². The minimum Gasteiger partial charge on any atom is -0.457 e. The van der Waals surface area contributed by atoms with E-state index in [1.165, 1.54) is 0 Å². The Kier molecular flexibility index (Phi) is 33.3. The van der Waals surface area contributed by atoms with Crippen molar-refractivity contribution in [2.75, 3.05) is 19.8 Å². The quantitative estimate of drug-likeness (QED) is 0.0532. The predicted molar refractivity (Wildman–Crippen MR) is 186 cm³/mol. The van der Waals surface area contributed by atoms with Crippen LogP contribution in [0.25, 0.3) is 0 Å². The van der Waals surface area contributed by atoms with Gasteiger partial charge in [0.15, 0.2) is 0 Å². The maximum atomic E-state index is 12.1. The topological polar surface area (TPSA) is 55.8 Å². The van der Waals surface area contributed by atoms with E-state index in [0.717, 1.165) is 96.3 Å². The van der Waals surface area contributed by atoms with E-state index < -0.39 is 6.10 Å². The number of unbranched alkanes of at least 4 members (excludes halogenated alkanes) is 5.